The molecule has 34 heavy (non-hydrogen) atoms. The second kappa shape index (κ2) is 10.0. The van der Waals surface area contributed by atoms with Crippen LogP contribution in [0.4, 0.5) is 10.5 Å². The Labute approximate surface area is 201 Å². The molecule has 4 rings (SSSR count). The van der Waals surface area contributed by atoms with Crippen molar-refractivity contribution < 1.29 is 23.9 Å². The van der Waals surface area contributed by atoms with Crippen LogP contribution in [0, 0.1) is 6.92 Å². The normalized spacial score (nSPS) is 15.6. The van der Waals surface area contributed by atoms with Crippen LogP contribution in [0.3, 0.4) is 0 Å². The Bertz CT molecular complexity index is 1190. The Kier molecular flexibility index (Phi) is 6.87. The third-order valence-corrected chi connectivity index (χ3v) is 5.77. The van der Waals surface area contributed by atoms with E-state index in [1.54, 1.807) is 32.1 Å². The predicted molar refractivity (Wildman–Crippen MR) is 131 cm³/mol. The van der Waals surface area contributed by atoms with Gasteiger partial charge in [0.1, 0.15) is 5.70 Å². The molecule has 9 nitrogen and oxygen atoms in total. The van der Waals surface area contributed by atoms with Gasteiger partial charge < -0.3 is 14.8 Å². The average Bonchev–Trinajstić information content (AvgIpc) is 3.36. The number of aliphatic imine (C=N–C) groups is 1. The number of rotatable bonds is 5. The number of thioether (sulfide) groups is 1. The van der Waals surface area contributed by atoms with Crippen LogP contribution in [-0.2, 0) is 9.59 Å². The lowest BCUT2D eigenvalue weighted by Crippen LogP contribution is -2.43. The van der Waals surface area contributed by atoms with Crippen LogP contribution in [-0.4, -0.2) is 41.6 Å². The summed E-state index contributed by atoms with van der Waals surface area (Å²) in [7, 11) is 0. The zero-order chi connectivity index (χ0) is 24.2. The van der Waals surface area contributed by atoms with E-state index in [1.165, 1.54) is 4.90 Å². The molecule has 2 heterocycles. The predicted octanol–water partition coefficient (Wildman–Crippen LogP) is 3.43. The highest BCUT2D eigenvalue weighted by Crippen LogP contribution is 2.34. The summed E-state index contributed by atoms with van der Waals surface area (Å²) in [6, 6.07) is 12.1. The van der Waals surface area contributed by atoms with Crippen molar-refractivity contribution in [3.63, 3.8) is 0 Å². The molecule has 0 unspecified atom stereocenters. The third-order valence-electron chi connectivity index (χ3n) is 4.83. The second-order valence-electron chi connectivity index (χ2n) is 7.98. The molecule has 176 valence electrons. The summed E-state index contributed by atoms with van der Waals surface area (Å²) in [5, 5.41) is 5.22. The lowest BCUT2D eigenvalue weighted by Gasteiger charge is -2.18. The number of ether oxygens (including phenoxy) is 2. The number of nitrogens with zero attached hydrogens (tertiary/aromatic N) is 2. The zero-order valence-electron chi connectivity index (χ0n) is 19.0. The topological polar surface area (TPSA) is 109 Å². The molecule has 0 saturated carbocycles. The lowest BCUT2D eigenvalue weighted by atomic mass is 10.1. The van der Waals surface area contributed by atoms with Crippen LogP contribution in [0.25, 0.3) is 6.08 Å². The monoisotopic (exact) mass is 480 g/mol. The van der Waals surface area contributed by atoms with Gasteiger partial charge >= 0.3 is 6.03 Å². The number of benzene rings is 2. The van der Waals surface area contributed by atoms with Gasteiger partial charge in [-0.15, -0.1) is 0 Å². The highest BCUT2D eigenvalue weighted by Gasteiger charge is 2.32. The fourth-order valence-corrected chi connectivity index (χ4v) is 4.08. The molecule has 0 bridgehead atoms. The number of anilines is 1. The molecule has 4 amide bonds. The summed E-state index contributed by atoms with van der Waals surface area (Å²) in [5.41, 5.74) is 2.64. The minimum absolute atomic E-state index is 0.0860. The quantitative estimate of drug-likeness (QED) is 0.635. The Balaban J connectivity index is 1.56. The molecule has 2 aromatic carbocycles. The standard InChI is InChI=1S/C24H24N4O5S/c1-14(2)25-23(31)27-21(29)12-34-24-26-18(10-16-6-9-19-20(11-16)33-13-32-19)22(30)28(24)17-7-4-15(3)5-8-17/h4-11,14H,12-13H2,1-3H3,(H2,25,27,29,31)/b18-10-. The fraction of sp³-hybridized carbons (Fsp3) is 0.250. The molecule has 0 spiro atoms. The van der Waals surface area contributed by atoms with E-state index in [0.717, 1.165) is 22.9 Å². The molecule has 2 aliphatic rings. The van der Waals surface area contributed by atoms with E-state index in [1.807, 2.05) is 37.3 Å². The second-order valence-corrected chi connectivity index (χ2v) is 8.92. The molecule has 0 aliphatic carbocycles. The maximum absolute atomic E-state index is 13.3. The number of nitrogens with one attached hydrogen (secondary N) is 2. The minimum atomic E-state index is -0.566. The van der Waals surface area contributed by atoms with Gasteiger partial charge in [0.2, 0.25) is 12.7 Å². The smallest absolute Gasteiger partial charge is 0.321 e. The van der Waals surface area contributed by atoms with Crippen LogP contribution in [0.5, 0.6) is 11.5 Å². The number of urea groups is 1. The number of hydrogen-bond donors (Lipinski definition) is 2. The van der Waals surface area contributed by atoms with Gasteiger partial charge in [-0.05, 0) is 56.7 Å². The van der Waals surface area contributed by atoms with Crippen molar-refractivity contribution in [2.75, 3.05) is 17.4 Å². The Morgan fingerprint density at radius 1 is 1.15 bits per heavy atom. The molecular formula is C24H24N4O5S. The van der Waals surface area contributed by atoms with Crippen molar-refractivity contribution in [2.45, 2.75) is 26.8 Å². The van der Waals surface area contributed by atoms with Crippen LogP contribution in [0.2, 0.25) is 0 Å². The highest BCUT2D eigenvalue weighted by atomic mass is 32.2. The number of hydrogen-bond acceptors (Lipinski definition) is 7. The summed E-state index contributed by atoms with van der Waals surface area (Å²) in [5.74, 6) is 0.355. The molecular weight excluding hydrogens is 456 g/mol. The zero-order valence-corrected chi connectivity index (χ0v) is 19.8. The van der Waals surface area contributed by atoms with Crippen LogP contribution < -0.4 is 25.0 Å². The van der Waals surface area contributed by atoms with Gasteiger partial charge in [0, 0.05) is 6.04 Å². The van der Waals surface area contributed by atoms with Gasteiger partial charge in [-0.25, -0.2) is 9.79 Å². The Morgan fingerprint density at radius 3 is 2.62 bits per heavy atom. The largest absolute Gasteiger partial charge is 0.454 e. The van der Waals surface area contributed by atoms with Gasteiger partial charge in [0.05, 0.1) is 11.4 Å². The SMILES string of the molecule is Cc1ccc(N2C(=O)/C(=C/c3ccc4c(c3)OCO4)N=C2SCC(=O)NC(=O)NC(C)C)cc1. The molecule has 0 aromatic heterocycles. The first-order valence-corrected chi connectivity index (χ1v) is 11.6. The van der Waals surface area contributed by atoms with E-state index in [-0.39, 0.29) is 30.2 Å². The third kappa shape index (κ3) is 5.40. The first-order valence-electron chi connectivity index (χ1n) is 10.6. The number of amidine groups is 1. The average molecular weight is 481 g/mol. The molecule has 0 atom stereocenters. The summed E-state index contributed by atoms with van der Waals surface area (Å²) in [6.07, 6.45) is 1.66. The van der Waals surface area contributed by atoms with Crippen LogP contribution in [0.15, 0.2) is 53.2 Å². The fourth-order valence-electron chi connectivity index (χ4n) is 3.27. The first kappa shape index (κ1) is 23.4. The van der Waals surface area contributed by atoms with Crippen molar-refractivity contribution in [1.29, 1.82) is 0 Å². The van der Waals surface area contributed by atoms with E-state index in [9.17, 15) is 14.4 Å². The van der Waals surface area contributed by atoms with E-state index < -0.39 is 11.9 Å². The van der Waals surface area contributed by atoms with Gasteiger partial charge in [0.25, 0.3) is 5.91 Å². The van der Waals surface area contributed by atoms with E-state index in [4.69, 9.17) is 9.47 Å². The molecule has 2 aliphatic heterocycles. The molecule has 2 N–H and O–H groups in total. The molecule has 0 fully saturated rings. The maximum atomic E-state index is 13.3. The summed E-state index contributed by atoms with van der Waals surface area (Å²) >= 11 is 1.08. The molecule has 0 radical (unpaired) electrons. The van der Waals surface area contributed by atoms with Crippen molar-refractivity contribution in [1.82, 2.24) is 10.6 Å². The number of aryl methyl sites for hydroxylation is 1. The van der Waals surface area contributed by atoms with Gasteiger partial charge in [-0.2, -0.15) is 0 Å². The van der Waals surface area contributed by atoms with Crippen LogP contribution in [0.1, 0.15) is 25.0 Å². The highest BCUT2D eigenvalue weighted by molar-refractivity contribution is 8.14. The van der Waals surface area contributed by atoms with E-state index in [0.29, 0.717) is 22.4 Å². The van der Waals surface area contributed by atoms with Crippen molar-refractivity contribution >= 4 is 46.5 Å². The number of fused-ring (bicyclic) bond motifs is 1. The number of imide groups is 1. The first-order chi connectivity index (χ1) is 16.3. The van der Waals surface area contributed by atoms with Gasteiger partial charge in [0.15, 0.2) is 16.7 Å². The van der Waals surface area contributed by atoms with Crippen molar-refractivity contribution in [3.8, 4) is 11.5 Å². The summed E-state index contributed by atoms with van der Waals surface area (Å²) < 4.78 is 10.7. The summed E-state index contributed by atoms with van der Waals surface area (Å²) in [6.45, 7) is 5.71. The van der Waals surface area contributed by atoms with Crippen molar-refractivity contribution in [3.05, 3.63) is 59.3 Å². The number of amides is 4. The van der Waals surface area contributed by atoms with Crippen molar-refractivity contribution in [2.24, 2.45) is 4.99 Å². The molecule has 2 aromatic rings. The van der Waals surface area contributed by atoms with Gasteiger partial charge in [-0.3, -0.25) is 19.8 Å². The Hall–Kier alpha value is -3.79. The molecule has 0 saturated heterocycles. The Morgan fingerprint density at radius 2 is 1.88 bits per heavy atom. The van der Waals surface area contributed by atoms with Gasteiger partial charge in [-0.1, -0.05) is 35.5 Å². The molecule has 10 heteroatoms. The van der Waals surface area contributed by atoms with E-state index >= 15 is 0 Å². The van der Waals surface area contributed by atoms with E-state index in [2.05, 4.69) is 15.6 Å². The maximum Gasteiger partial charge on any atom is 0.321 e. The number of carbonyl (C=O) groups is 3. The number of carbonyl (C=O) groups excluding carboxylic acids is 3. The summed E-state index contributed by atoms with van der Waals surface area (Å²) in [4.78, 5) is 43.3. The lowest BCUT2D eigenvalue weighted by molar-refractivity contribution is -0.117. The minimum Gasteiger partial charge on any atom is -0.454 e. The van der Waals surface area contributed by atoms with Crippen LogP contribution >= 0.6 is 11.8 Å².